The fourth-order valence-corrected chi connectivity index (χ4v) is 3.67. The number of carbonyl (C=O) groups excluding carboxylic acids is 1. The average molecular weight is 433 g/mol. The molecule has 150 valence electrons. The highest BCUT2D eigenvalue weighted by Gasteiger charge is 2.18. The SMILES string of the molecule is COc1ccccc1NS(=O)(=O)c1cccc(C(=O)OCc2ccc(Cl)nc2)c1. The van der Waals surface area contributed by atoms with Crippen LogP contribution >= 0.6 is 11.6 Å². The van der Waals surface area contributed by atoms with E-state index in [0.29, 0.717) is 22.2 Å². The Hall–Kier alpha value is -3.10. The van der Waals surface area contributed by atoms with E-state index in [0.717, 1.165) is 0 Å². The molecule has 0 saturated carbocycles. The summed E-state index contributed by atoms with van der Waals surface area (Å²) in [5.41, 5.74) is 1.05. The van der Waals surface area contributed by atoms with Crippen molar-refractivity contribution < 1.29 is 22.7 Å². The zero-order valence-corrected chi connectivity index (χ0v) is 16.9. The van der Waals surface area contributed by atoms with Gasteiger partial charge < -0.3 is 9.47 Å². The van der Waals surface area contributed by atoms with E-state index in [4.69, 9.17) is 21.1 Å². The Labute approximate surface area is 173 Å². The van der Waals surface area contributed by atoms with E-state index >= 15 is 0 Å². The maximum Gasteiger partial charge on any atom is 0.338 e. The van der Waals surface area contributed by atoms with E-state index in [-0.39, 0.29) is 17.1 Å². The molecule has 3 aromatic rings. The molecule has 0 spiro atoms. The number of rotatable bonds is 7. The molecule has 1 N–H and O–H groups in total. The van der Waals surface area contributed by atoms with Crippen LogP contribution < -0.4 is 9.46 Å². The fraction of sp³-hybridized carbons (Fsp3) is 0.100. The number of nitrogens with zero attached hydrogens (tertiary/aromatic N) is 1. The number of nitrogens with one attached hydrogen (secondary N) is 1. The molecule has 29 heavy (non-hydrogen) atoms. The number of halogens is 1. The van der Waals surface area contributed by atoms with Crippen molar-refractivity contribution in [1.29, 1.82) is 0 Å². The van der Waals surface area contributed by atoms with Gasteiger partial charge in [0.2, 0.25) is 0 Å². The van der Waals surface area contributed by atoms with Crippen molar-refractivity contribution in [2.75, 3.05) is 11.8 Å². The molecular weight excluding hydrogens is 416 g/mol. The molecular formula is C20H17ClN2O5S. The van der Waals surface area contributed by atoms with E-state index in [1.54, 1.807) is 36.4 Å². The molecule has 0 amide bonds. The van der Waals surface area contributed by atoms with Crippen LogP contribution in [0.1, 0.15) is 15.9 Å². The number of ether oxygens (including phenoxy) is 2. The number of anilines is 1. The Balaban J connectivity index is 1.75. The number of hydrogen-bond donors (Lipinski definition) is 1. The lowest BCUT2D eigenvalue weighted by molar-refractivity contribution is 0.0472. The highest BCUT2D eigenvalue weighted by atomic mass is 35.5. The van der Waals surface area contributed by atoms with Crippen molar-refractivity contribution in [3.63, 3.8) is 0 Å². The normalized spacial score (nSPS) is 11.0. The van der Waals surface area contributed by atoms with Gasteiger partial charge in [-0.1, -0.05) is 35.9 Å². The lowest BCUT2D eigenvalue weighted by Crippen LogP contribution is -2.14. The van der Waals surface area contributed by atoms with Gasteiger partial charge in [-0.3, -0.25) is 4.72 Å². The Kier molecular flexibility index (Phi) is 6.36. The van der Waals surface area contributed by atoms with Crippen molar-refractivity contribution in [2.45, 2.75) is 11.5 Å². The Morgan fingerprint density at radius 3 is 2.62 bits per heavy atom. The maximum absolute atomic E-state index is 12.7. The summed E-state index contributed by atoms with van der Waals surface area (Å²) < 4.78 is 38.3. The van der Waals surface area contributed by atoms with Gasteiger partial charge in [-0.2, -0.15) is 0 Å². The molecule has 2 aromatic carbocycles. The predicted octanol–water partition coefficient (Wildman–Crippen LogP) is 3.90. The molecule has 1 aromatic heterocycles. The average Bonchev–Trinajstić information content (AvgIpc) is 2.73. The summed E-state index contributed by atoms with van der Waals surface area (Å²) in [6.07, 6.45) is 1.49. The predicted molar refractivity (Wildman–Crippen MR) is 109 cm³/mol. The van der Waals surface area contributed by atoms with Gasteiger partial charge in [-0.15, -0.1) is 0 Å². The number of benzene rings is 2. The number of sulfonamides is 1. The van der Waals surface area contributed by atoms with Gasteiger partial charge in [0.1, 0.15) is 17.5 Å². The third-order valence-electron chi connectivity index (χ3n) is 3.89. The fourth-order valence-electron chi connectivity index (χ4n) is 2.45. The third-order valence-corrected chi connectivity index (χ3v) is 5.48. The number of aromatic nitrogens is 1. The van der Waals surface area contributed by atoms with Crippen LogP contribution in [0.25, 0.3) is 0 Å². The molecule has 0 bridgehead atoms. The first-order chi connectivity index (χ1) is 13.9. The second kappa shape index (κ2) is 8.93. The second-order valence-corrected chi connectivity index (χ2v) is 7.97. The van der Waals surface area contributed by atoms with Crippen molar-refractivity contribution >= 4 is 33.3 Å². The molecule has 0 radical (unpaired) electrons. The largest absolute Gasteiger partial charge is 0.495 e. The minimum Gasteiger partial charge on any atom is -0.495 e. The number of esters is 1. The van der Waals surface area contributed by atoms with Crippen molar-refractivity contribution in [3.8, 4) is 5.75 Å². The quantitative estimate of drug-likeness (QED) is 0.449. The molecule has 0 aliphatic carbocycles. The van der Waals surface area contributed by atoms with Gasteiger partial charge in [-0.05, 0) is 36.4 Å². The first-order valence-corrected chi connectivity index (χ1v) is 10.3. The number of pyridine rings is 1. The number of para-hydroxylation sites is 2. The summed E-state index contributed by atoms with van der Waals surface area (Å²) in [4.78, 5) is 16.1. The lowest BCUT2D eigenvalue weighted by atomic mass is 10.2. The van der Waals surface area contributed by atoms with Gasteiger partial charge >= 0.3 is 5.97 Å². The van der Waals surface area contributed by atoms with Crippen molar-refractivity contribution in [1.82, 2.24) is 4.98 Å². The second-order valence-electron chi connectivity index (χ2n) is 5.90. The molecule has 1 heterocycles. The van der Waals surface area contributed by atoms with Gasteiger partial charge in [0, 0.05) is 11.8 Å². The van der Waals surface area contributed by atoms with Gasteiger partial charge in [0.15, 0.2) is 0 Å². The molecule has 3 rings (SSSR count). The standard InChI is InChI=1S/C20H17ClN2O5S/c1-27-18-8-3-2-7-17(18)23-29(25,26)16-6-4-5-15(11-16)20(24)28-13-14-9-10-19(21)22-12-14/h2-12,23H,13H2,1H3. The minimum absolute atomic E-state index is 0.0144. The molecule has 0 aliphatic rings. The first-order valence-electron chi connectivity index (χ1n) is 8.42. The summed E-state index contributed by atoms with van der Waals surface area (Å²) in [5.74, 6) is -0.280. The van der Waals surface area contributed by atoms with Crippen molar-refractivity contribution in [2.24, 2.45) is 0 Å². The molecule has 7 nitrogen and oxygen atoms in total. The zero-order chi connectivity index (χ0) is 20.9. The number of carbonyl (C=O) groups is 1. The van der Waals surface area contributed by atoms with Crippen LogP contribution in [0.2, 0.25) is 5.15 Å². The third kappa shape index (κ3) is 5.24. The van der Waals surface area contributed by atoms with Gasteiger partial charge in [-0.25, -0.2) is 18.2 Å². The van der Waals surface area contributed by atoms with Crippen LogP contribution in [0.3, 0.4) is 0 Å². The summed E-state index contributed by atoms with van der Waals surface area (Å²) in [7, 11) is -2.49. The smallest absolute Gasteiger partial charge is 0.338 e. The van der Waals surface area contributed by atoms with E-state index in [9.17, 15) is 13.2 Å². The molecule has 0 fully saturated rings. The summed E-state index contributed by atoms with van der Waals surface area (Å²) in [6.45, 7) is -0.0144. The molecule has 0 atom stereocenters. The number of hydrogen-bond acceptors (Lipinski definition) is 6. The Bertz CT molecular complexity index is 1120. The molecule has 0 aliphatic heterocycles. The van der Waals surface area contributed by atoms with Gasteiger partial charge in [0.05, 0.1) is 23.3 Å². The molecule has 0 saturated heterocycles. The maximum atomic E-state index is 12.7. The van der Waals surface area contributed by atoms with Crippen LogP contribution in [-0.2, 0) is 21.4 Å². The monoisotopic (exact) mass is 432 g/mol. The van der Waals surface area contributed by atoms with E-state index in [1.807, 2.05) is 0 Å². The zero-order valence-electron chi connectivity index (χ0n) is 15.3. The highest BCUT2D eigenvalue weighted by molar-refractivity contribution is 7.92. The van der Waals surface area contributed by atoms with E-state index in [1.165, 1.54) is 37.6 Å². The molecule has 9 heteroatoms. The minimum atomic E-state index is -3.94. The summed E-state index contributed by atoms with van der Waals surface area (Å²) in [5, 5.41) is 0.334. The van der Waals surface area contributed by atoms with E-state index < -0.39 is 16.0 Å². The number of methoxy groups -OCH3 is 1. The Morgan fingerprint density at radius 1 is 1.10 bits per heavy atom. The summed E-state index contributed by atoms with van der Waals surface area (Å²) >= 11 is 5.72. The van der Waals surface area contributed by atoms with Crippen LogP contribution in [0, 0.1) is 0 Å². The van der Waals surface area contributed by atoms with E-state index in [2.05, 4.69) is 9.71 Å². The van der Waals surface area contributed by atoms with Gasteiger partial charge in [0.25, 0.3) is 10.0 Å². The highest BCUT2D eigenvalue weighted by Crippen LogP contribution is 2.26. The first kappa shape index (κ1) is 20.6. The van der Waals surface area contributed by atoms with Crippen LogP contribution in [0.15, 0.2) is 71.8 Å². The van der Waals surface area contributed by atoms with Crippen LogP contribution in [0.4, 0.5) is 5.69 Å². The molecule has 0 unspecified atom stereocenters. The summed E-state index contributed by atoms with van der Waals surface area (Å²) in [6, 6.07) is 15.5. The van der Waals surface area contributed by atoms with Crippen LogP contribution in [-0.4, -0.2) is 26.5 Å². The van der Waals surface area contributed by atoms with Crippen molar-refractivity contribution in [3.05, 3.63) is 83.1 Å². The Morgan fingerprint density at radius 2 is 1.90 bits per heavy atom. The topological polar surface area (TPSA) is 94.6 Å². The van der Waals surface area contributed by atoms with Crippen LogP contribution in [0.5, 0.6) is 5.75 Å². The lowest BCUT2D eigenvalue weighted by Gasteiger charge is -2.12.